The summed E-state index contributed by atoms with van der Waals surface area (Å²) in [5.74, 6) is 0. The highest BCUT2D eigenvalue weighted by Crippen LogP contribution is 2.26. The first kappa shape index (κ1) is 17.2. The summed E-state index contributed by atoms with van der Waals surface area (Å²) in [4.78, 5) is 3.17. The second kappa shape index (κ2) is 6.73. The molecule has 0 unspecified atom stereocenters. The maximum Gasteiger partial charge on any atom is 0.402 e. The molecule has 20 heavy (non-hydrogen) atoms. The molecule has 0 aromatic carbocycles. The minimum Gasteiger partial charge on any atom is -0.243 e. The average Bonchev–Trinajstić information content (AvgIpc) is 2.33. The van der Waals surface area contributed by atoms with Gasteiger partial charge in [0.2, 0.25) is 10.0 Å². The molecule has 0 bridgehead atoms. The van der Waals surface area contributed by atoms with Gasteiger partial charge in [0.15, 0.2) is 0 Å². The molecule has 0 saturated carbocycles. The SMILES string of the molecule is CCCCN(CC(F)(F)F)S(=O)(=O)c1cccnc1Cl. The number of aromatic nitrogens is 1. The lowest BCUT2D eigenvalue weighted by Gasteiger charge is -2.23. The van der Waals surface area contributed by atoms with Crippen LogP contribution >= 0.6 is 11.6 Å². The zero-order valence-electron chi connectivity index (χ0n) is 10.7. The lowest BCUT2D eigenvalue weighted by molar-refractivity contribution is -0.136. The lowest BCUT2D eigenvalue weighted by atomic mass is 10.3. The predicted octanol–water partition coefficient (Wildman–Crippen LogP) is 3.09. The van der Waals surface area contributed by atoms with Gasteiger partial charge in [0.1, 0.15) is 16.6 Å². The van der Waals surface area contributed by atoms with Crippen LogP contribution in [0.4, 0.5) is 13.2 Å². The lowest BCUT2D eigenvalue weighted by Crippen LogP contribution is -2.39. The minimum absolute atomic E-state index is 0.219. The van der Waals surface area contributed by atoms with Crippen molar-refractivity contribution in [3.63, 3.8) is 0 Å². The molecule has 4 nitrogen and oxygen atoms in total. The number of halogens is 4. The molecule has 0 radical (unpaired) electrons. The zero-order chi connectivity index (χ0) is 15.4. The topological polar surface area (TPSA) is 50.3 Å². The number of unbranched alkanes of at least 4 members (excludes halogenated alkanes) is 1. The van der Waals surface area contributed by atoms with E-state index in [0.29, 0.717) is 17.1 Å². The molecule has 0 saturated heterocycles. The van der Waals surface area contributed by atoms with E-state index in [1.807, 2.05) is 0 Å². The van der Waals surface area contributed by atoms with Crippen LogP contribution in [-0.4, -0.2) is 37.0 Å². The van der Waals surface area contributed by atoms with E-state index in [4.69, 9.17) is 11.6 Å². The number of alkyl halides is 3. The van der Waals surface area contributed by atoms with Crippen LogP contribution in [0.3, 0.4) is 0 Å². The molecule has 114 valence electrons. The quantitative estimate of drug-likeness (QED) is 0.753. The summed E-state index contributed by atoms with van der Waals surface area (Å²) in [5, 5.41) is -0.337. The molecule has 0 atom stereocenters. The minimum atomic E-state index is -4.62. The molecule has 1 aromatic heterocycles. The van der Waals surface area contributed by atoms with Gasteiger partial charge in [0, 0.05) is 12.7 Å². The van der Waals surface area contributed by atoms with Crippen LogP contribution < -0.4 is 0 Å². The summed E-state index contributed by atoms with van der Waals surface area (Å²) in [6.45, 7) is -0.000435. The first-order valence-corrected chi connectivity index (χ1v) is 7.67. The molecule has 0 aliphatic rings. The van der Waals surface area contributed by atoms with Gasteiger partial charge in [0.25, 0.3) is 0 Å². The van der Waals surface area contributed by atoms with Crippen molar-refractivity contribution >= 4 is 21.6 Å². The van der Waals surface area contributed by atoms with Crippen molar-refractivity contribution in [3.8, 4) is 0 Å². The number of rotatable bonds is 6. The first-order chi connectivity index (χ1) is 9.18. The molecule has 0 spiro atoms. The second-order valence-corrected chi connectivity index (χ2v) is 6.36. The van der Waals surface area contributed by atoms with E-state index >= 15 is 0 Å². The van der Waals surface area contributed by atoms with Gasteiger partial charge in [-0.2, -0.15) is 17.5 Å². The molecule has 0 aliphatic heterocycles. The van der Waals surface area contributed by atoms with Gasteiger partial charge in [-0.25, -0.2) is 13.4 Å². The average molecular weight is 331 g/mol. The van der Waals surface area contributed by atoms with E-state index in [2.05, 4.69) is 4.98 Å². The molecule has 1 heterocycles. The maximum atomic E-state index is 12.5. The van der Waals surface area contributed by atoms with E-state index in [0.717, 1.165) is 6.07 Å². The summed E-state index contributed by atoms with van der Waals surface area (Å²) in [5.41, 5.74) is 0. The fourth-order valence-electron chi connectivity index (χ4n) is 1.52. The van der Waals surface area contributed by atoms with Crippen LogP contribution in [0.1, 0.15) is 19.8 Å². The largest absolute Gasteiger partial charge is 0.402 e. The highest BCUT2D eigenvalue weighted by molar-refractivity contribution is 7.89. The molecule has 1 rings (SSSR count). The Balaban J connectivity index is 3.14. The summed E-state index contributed by atoms with van der Waals surface area (Å²) >= 11 is 5.66. The second-order valence-electron chi connectivity index (χ2n) is 4.10. The Kier molecular flexibility index (Phi) is 5.79. The maximum absolute atomic E-state index is 12.5. The summed E-state index contributed by atoms with van der Waals surface area (Å²) in [6.07, 6.45) is -2.45. The van der Waals surface area contributed by atoms with Crippen LogP contribution in [0.5, 0.6) is 0 Å². The van der Waals surface area contributed by atoms with Gasteiger partial charge >= 0.3 is 6.18 Å². The van der Waals surface area contributed by atoms with Crippen LogP contribution in [-0.2, 0) is 10.0 Å². The Labute approximate surface area is 120 Å². The molecular formula is C11H14ClF3N2O2S. The third kappa shape index (κ3) is 4.60. The summed E-state index contributed by atoms with van der Waals surface area (Å²) in [7, 11) is -4.32. The van der Waals surface area contributed by atoms with E-state index < -0.39 is 27.6 Å². The van der Waals surface area contributed by atoms with Crippen molar-refractivity contribution < 1.29 is 21.6 Å². The van der Waals surface area contributed by atoms with Crippen molar-refractivity contribution in [2.45, 2.75) is 30.8 Å². The molecule has 0 fully saturated rings. The molecular weight excluding hydrogens is 317 g/mol. The van der Waals surface area contributed by atoms with Crippen LogP contribution in [0, 0.1) is 0 Å². The van der Waals surface area contributed by atoms with E-state index in [1.54, 1.807) is 6.92 Å². The Morgan fingerprint density at radius 2 is 2.05 bits per heavy atom. The van der Waals surface area contributed by atoms with Gasteiger partial charge in [-0.1, -0.05) is 24.9 Å². The van der Waals surface area contributed by atoms with Crippen LogP contribution in [0.25, 0.3) is 0 Å². The Morgan fingerprint density at radius 3 is 2.55 bits per heavy atom. The monoisotopic (exact) mass is 330 g/mol. The smallest absolute Gasteiger partial charge is 0.243 e. The third-order valence-corrected chi connectivity index (χ3v) is 4.75. The number of hydrogen-bond donors (Lipinski definition) is 0. The molecule has 0 amide bonds. The Morgan fingerprint density at radius 1 is 1.40 bits per heavy atom. The van der Waals surface area contributed by atoms with Crippen molar-refractivity contribution in [2.75, 3.05) is 13.1 Å². The number of nitrogens with zero attached hydrogens (tertiary/aromatic N) is 2. The van der Waals surface area contributed by atoms with E-state index in [1.165, 1.54) is 12.3 Å². The van der Waals surface area contributed by atoms with E-state index in [-0.39, 0.29) is 11.7 Å². The third-order valence-electron chi connectivity index (χ3n) is 2.46. The Hall–Kier alpha value is -0.860. The first-order valence-electron chi connectivity index (χ1n) is 5.86. The van der Waals surface area contributed by atoms with Gasteiger partial charge in [-0.05, 0) is 18.6 Å². The highest BCUT2D eigenvalue weighted by atomic mass is 35.5. The predicted molar refractivity (Wildman–Crippen MR) is 69.0 cm³/mol. The highest BCUT2D eigenvalue weighted by Gasteiger charge is 2.37. The number of sulfonamides is 1. The number of hydrogen-bond acceptors (Lipinski definition) is 3. The van der Waals surface area contributed by atoms with Gasteiger partial charge in [0.05, 0.1) is 0 Å². The summed E-state index contributed by atoms with van der Waals surface area (Å²) < 4.78 is 62.4. The fourth-order valence-corrected chi connectivity index (χ4v) is 3.41. The molecule has 0 aliphatic carbocycles. The molecule has 0 N–H and O–H groups in total. The van der Waals surface area contributed by atoms with Gasteiger partial charge in [-0.3, -0.25) is 0 Å². The van der Waals surface area contributed by atoms with E-state index in [9.17, 15) is 21.6 Å². The van der Waals surface area contributed by atoms with Crippen LogP contribution in [0.2, 0.25) is 5.15 Å². The summed E-state index contributed by atoms with van der Waals surface area (Å²) in [6, 6.07) is 2.45. The van der Waals surface area contributed by atoms with Gasteiger partial charge in [-0.15, -0.1) is 0 Å². The fraction of sp³-hybridized carbons (Fsp3) is 0.545. The number of pyridine rings is 1. The molecule has 9 heteroatoms. The normalized spacial score (nSPS) is 12.9. The van der Waals surface area contributed by atoms with Crippen molar-refractivity contribution in [1.82, 2.24) is 9.29 Å². The van der Waals surface area contributed by atoms with Crippen LogP contribution in [0.15, 0.2) is 23.2 Å². The van der Waals surface area contributed by atoms with Crippen molar-refractivity contribution in [2.24, 2.45) is 0 Å². The van der Waals surface area contributed by atoms with Crippen molar-refractivity contribution in [1.29, 1.82) is 0 Å². The Bertz CT molecular complexity index is 549. The molecule has 1 aromatic rings. The van der Waals surface area contributed by atoms with Crippen molar-refractivity contribution in [3.05, 3.63) is 23.5 Å². The standard InChI is InChI=1S/C11H14ClF3N2O2S/c1-2-3-7-17(8-11(13,14)15)20(18,19)9-5-4-6-16-10(9)12/h4-6H,2-3,7-8H2,1H3. The zero-order valence-corrected chi connectivity index (χ0v) is 12.3. The van der Waals surface area contributed by atoms with Gasteiger partial charge < -0.3 is 0 Å².